The van der Waals surface area contributed by atoms with Crippen molar-refractivity contribution in [1.29, 1.82) is 0 Å². The molecule has 1 aromatic heterocycles. The lowest BCUT2D eigenvalue weighted by Crippen LogP contribution is -2.45. The number of nitrogens with zero attached hydrogens (tertiary/aromatic N) is 3. The smallest absolute Gasteiger partial charge is 0.280 e. The Morgan fingerprint density at radius 3 is 2.74 bits per heavy atom. The van der Waals surface area contributed by atoms with Crippen LogP contribution in [0.5, 0.6) is 0 Å². The van der Waals surface area contributed by atoms with Crippen molar-refractivity contribution in [2.45, 2.75) is 44.6 Å². The van der Waals surface area contributed by atoms with E-state index < -0.39 is 17.5 Å². The molecule has 11 heteroatoms. The lowest BCUT2D eigenvalue weighted by molar-refractivity contribution is -0.136. The number of unbranched alkanes of at least 4 members (excludes halogenated alkanes) is 2. The Labute approximate surface area is 186 Å². The summed E-state index contributed by atoms with van der Waals surface area (Å²) in [6.45, 7) is 2.76. The maximum atomic E-state index is 13.1. The highest BCUT2D eigenvalue weighted by atomic mass is 35.5. The Morgan fingerprint density at radius 2 is 1.97 bits per heavy atom. The average molecular weight is 453 g/mol. The lowest BCUT2D eigenvalue weighted by atomic mass is 10.1. The number of amides is 2. The van der Waals surface area contributed by atoms with Crippen LogP contribution >= 0.6 is 12.4 Å². The van der Waals surface area contributed by atoms with Gasteiger partial charge in [-0.1, -0.05) is 11.3 Å². The first-order valence-corrected chi connectivity index (χ1v) is 10.4. The van der Waals surface area contributed by atoms with E-state index in [0.29, 0.717) is 36.3 Å². The highest BCUT2D eigenvalue weighted by Gasteiger charge is 2.30. The highest BCUT2D eigenvalue weighted by molar-refractivity contribution is 5.99. The summed E-state index contributed by atoms with van der Waals surface area (Å²) >= 11 is 0. The minimum atomic E-state index is -0.834. The van der Waals surface area contributed by atoms with Gasteiger partial charge in [-0.25, -0.2) is 0 Å². The van der Waals surface area contributed by atoms with Crippen molar-refractivity contribution in [3.05, 3.63) is 28.6 Å². The second-order valence-electron chi connectivity index (χ2n) is 7.25. The zero-order chi connectivity index (χ0) is 21.3. The molecule has 3 rings (SSSR count). The van der Waals surface area contributed by atoms with Crippen LogP contribution < -0.4 is 21.9 Å². The van der Waals surface area contributed by atoms with Crippen molar-refractivity contribution < 1.29 is 14.3 Å². The largest absolute Gasteiger partial charge is 0.384 e. The number of anilines is 1. The molecule has 10 nitrogen and oxygen atoms in total. The van der Waals surface area contributed by atoms with Crippen molar-refractivity contribution >= 4 is 40.8 Å². The number of carbonyl (C=O) groups excluding carboxylic acids is 2. The predicted octanol–water partition coefficient (Wildman–Crippen LogP) is 1.14. The number of imide groups is 1. The maximum absolute atomic E-state index is 13.1. The van der Waals surface area contributed by atoms with E-state index in [2.05, 4.69) is 20.9 Å². The van der Waals surface area contributed by atoms with E-state index in [9.17, 15) is 14.4 Å². The number of fused-ring (bicyclic) bond motifs is 1. The molecule has 0 aliphatic carbocycles. The molecule has 170 valence electrons. The van der Waals surface area contributed by atoms with Crippen LogP contribution in [0.1, 0.15) is 44.6 Å². The van der Waals surface area contributed by atoms with Crippen molar-refractivity contribution in [3.8, 4) is 0 Å². The summed E-state index contributed by atoms with van der Waals surface area (Å²) in [4.78, 5) is 36.6. The number of nitrogens with one attached hydrogen (secondary N) is 2. The van der Waals surface area contributed by atoms with Crippen LogP contribution in [0.25, 0.3) is 10.9 Å². The molecule has 1 unspecified atom stereocenters. The quantitative estimate of drug-likeness (QED) is 0.340. The van der Waals surface area contributed by atoms with Gasteiger partial charge in [-0.15, -0.1) is 17.5 Å². The molecule has 31 heavy (non-hydrogen) atoms. The number of hydrogen-bond acceptors (Lipinski definition) is 8. The molecule has 1 aliphatic heterocycles. The number of halogens is 1. The van der Waals surface area contributed by atoms with E-state index in [1.165, 1.54) is 0 Å². The topological polar surface area (TPSA) is 141 Å². The van der Waals surface area contributed by atoms with Crippen LogP contribution in [0.3, 0.4) is 0 Å². The van der Waals surface area contributed by atoms with Gasteiger partial charge in [0.05, 0.1) is 5.39 Å². The van der Waals surface area contributed by atoms with Gasteiger partial charge >= 0.3 is 0 Å². The van der Waals surface area contributed by atoms with Gasteiger partial charge in [-0.3, -0.25) is 19.7 Å². The molecule has 2 heterocycles. The SMILES string of the molecule is Cl.NCCCOCCCCCNc1cccc2nnn(C3CCC(=O)NC3=O)c(=O)c12. The van der Waals surface area contributed by atoms with Crippen molar-refractivity contribution in [2.75, 3.05) is 31.6 Å². The van der Waals surface area contributed by atoms with Crippen LogP contribution in [-0.4, -0.2) is 53.1 Å². The van der Waals surface area contributed by atoms with Crippen LogP contribution in [0, 0.1) is 0 Å². The Bertz CT molecular complexity index is 951. The molecular formula is C20H29ClN6O4. The summed E-state index contributed by atoms with van der Waals surface area (Å²) in [7, 11) is 0. The molecular weight excluding hydrogens is 424 g/mol. The standard InChI is InChI=1S/C20H28N6O4.ClH/c21-10-5-13-30-12-3-1-2-11-22-14-6-4-7-15-18(14)20(29)26(25-24-15)16-8-9-17(27)23-19(16)28;/h4,6-7,16,22H,1-3,5,8-13,21H2,(H,23,27,28);1H. The van der Waals surface area contributed by atoms with Gasteiger partial charge in [0, 0.05) is 31.9 Å². The van der Waals surface area contributed by atoms with Gasteiger partial charge in [-0.05, 0) is 50.8 Å². The summed E-state index contributed by atoms with van der Waals surface area (Å²) in [5.41, 5.74) is 6.15. The lowest BCUT2D eigenvalue weighted by Gasteiger charge is -2.21. The van der Waals surface area contributed by atoms with Gasteiger partial charge in [0.2, 0.25) is 5.91 Å². The van der Waals surface area contributed by atoms with E-state index in [1.807, 2.05) is 6.07 Å². The van der Waals surface area contributed by atoms with E-state index in [-0.39, 0.29) is 31.2 Å². The Kier molecular flexibility index (Phi) is 9.83. The first-order chi connectivity index (χ1) is 14.6. The Morgan fingerprint density at radius 1 is 1.16 bits per heavy atom. The molecule has 1 aliphatic rings. The Hall–Kier alpha value is -2.56. The molecule has 0 bridgehead atoms. The third-order valence-corrected chi connectivity index (χ3v) is 4.99. The Balaban J connectivity index is 0.00000341. The van der Waals surface area contributed by atoms with Crippen LogP contribution in [0.15, 0.2) is 23.0 Å². The van der Waals surface area contributed by atoms with E-state index >= 15 is 0 Å². The summed E-state index contributed by atoms with van der Waals surface area (Å²) in [6.07, 6.45) is 4.17. The van der Waals surface area contributed by atoms with Crippen molar-refractivity contribution in [1.82, 2.24) is 20.3 Å². The van der Waals surface area contributed by atoms with Gasteiger partial charge in [-0.2, -0.15) is 4.68 Å². The molecule has 0 radical (unpaired) electrons. The summed E-state index contributed by atoms with van der Waals surface area (Å²) in [6, 6.07) is 4.50. The number of carbonyl (C=O) groups is 2. The van der Waals surface area contributed by atoms with Gasteiger partial charge in [0.1, 0.15) is 11.6 Å². The molecule has 1 atom stereocenters. The number of aromatic nitrogens is 3. The zero-order valence-corrected chi connectivity index (χ0v) is 18.2. The first kappa shape index (κ1) is 24.7. The fourth-order valence-electron chi connectivity index (χ4n) is 3.38. The second kappa shape index (κ2) is 12.3. The second-order valence-corrected chi connectivity index (χ2v) is 7.25. The monoisotopic (exact) mass is 452 g/mol. The van der Waals surface area contributed by atoms with Crippen molar-refractivity contribution in [2.24, 2.45) is 5.73 Å². The first-order valence-electron chi connectivity index (χ1n) is 10.4. The maximum Gasteiger partial charge on any atom is 0.280 e. The molecule has 1 aromatic carbocycles. The van der Waals surface area contributed by atoms with E-state index in [0.717, 1.165) is 37.0 Å². The summed E-state index contributed by atoms with van der Waals surface area (Å²) in [5, 5.41) is 14.0. The number of ether oxygens (including phenoxy) is 1. The third kappa shape index (κ3) is 6.46. The number of rotatable bonds is 11. The molecule has 4 N–H and O–H groups in total. The highest BCUT2D eigenvalue weighted by Crippen LogP contribution is 2.20. The molecule has 1 fully saturated rings. The molecule has 0 spiro atoms. The van der Waals surface area contributed by atoms with Gasteiger partial charge in [0.25, 0.3) is 11.5 Å². The molecule has 2 aromatic rings. The number of benzene rings is 1. The fourth-order valence-corrected chi connectivity index (χ4v) is 3.38. The van der Waals surface area contributed by atoms with Crippen LogP contribution in [0.4, 0.5) is 5.69 Å². The molecule has 2 amide bonds. The van der Waals surface area contributed by atoms with E-state index in [4.69, 9.17) is 10.5 Å². The molecule has 1 saturated heterocycles. The fraction of sp³-hybridized carbons (Fsp3) is 0.550. The minimum Gasteiger partial charge on any atom is -0.384 e. The van der Waals surface area contributed by atoms with E-state index in [1.54, 1.807) is 12.1 Å². The van der Waals surface area contributed by atoms with Crippen LogP contribution in [0.2, 0.25) is 0 Å². The summed E-state index contributed by atoms with van der Waals surface area (Å²) in [5.74, 6) is -0.869. The number of piperidine rings is 1. The molecule has 0 saturated carbocycles. The van der Waals surface area contributed by atoms with Gasteiger partial charge < -0.3 is 15.8 Å². The average Bonchev–Trinajstić information content (AvgIpc) is 2.73. The van der Waals surface area contributed by atoms with Crippen molar-refractivity contribution in [3.63, 3.8) is 0 Å². The number of hydrogen-bond donors (Lipinski definition) is 3. The normalized spacial score (nSPS) is 16.1. The van der Waals surface area contributed by atoms with Gasteiger partial charge in [0.15, 0.2) is 0 Å². The minimum absolute atomic E-state index is 0. The number of nitrogens with two attached hydrogens (primary N) is 1. The third-order valence-electron chi connectivity index (χ3n) is 4.99. The zero-order valence-electron chi connectivity index (χ0n) is 17.3. The van der Waals surface area contributed by atoms with Crippen LogP contribution in [-0.2, 0) is 14.3 Å². The predicted molar refractivity (Wildman–Crippen MR) is 119 cm³/mol. The summed E-state index contributed by atoms with van der Waals surface area (Å²) < 4.78 is 6.56.